The van der Waals surface area contributed by atoms with Gasteiger partial charge in [-0.3, -0.25) is 4.79 Å². The Morgan fingerprint density at radius 2 is 1.96 bits per heavy atom. The van der Waals surface area contributed by atoms with Crippen LogP contribution in [0.5, 0.6) is 5.75 Å². The standard InChI is InChI=1S/C21H29N3O3/c1-15(2)7-6-8-16(3)13-14-22-24-19(25)21(4,23-20(24)26)17-9-11-18(27-5)12-10-17/h7,9-12,14,16H,6,8,13H2,1-5H3,(H,23,26)/b22-14-/t16-,21-/m1/s1. The molecule has 1 N–H and O–H groups in total. The Hall–Kier alpha value is -2.63. The first-order valence-corrected chi connectivity index (χ1v) is 9.25. The Bertz CT molecular complexity index is 736. The molecule has 1 heterocycles. The molecule has 1 aliphatic rings. The minimum atomic E-state index is -1.13. The fourth-order valence-electron chi connectivity index (χ4n) is 2.93. The summed E-state index contributed by atoms with van der Waals surface area (Å²) < 4.78 is 5.14. The van der Waals surface area contributed by atoms with Gasteiger partial charge in [0, 0.05) is 6.21 Å². The lowest BCUT2D eigenvalue weighted by Gasteiger charge is -2.21. The van der Waals surface area contributed by atoms with E-state index >= 15 is 0 Å². The number of carbonyl (C=O) groups is 2. The van der Waals surface area contributed by atoms with E-state index < -0.39 is 11.6 Å². The highest BCUT2D eigenvalue weighted by Crippen LogP contribution is 2.30. The van der Waals surface area contributed by atoms with E-state index in [0.29, 0.717) is 23.7 Å². The van der Waals surface area contributed by atoms with Crippen molar-refractivity contribution in [3.8, 4) is 5.75 Å². The highest BCUT2D eigenvalue weighted by atomic mass is 16.5. The van der Waals surface area contributed by atoms with Crippen LogP contribution in [0.2, 0.25) is 0 Å². The molecule has 0 aliphatic carbocycles. The Morgan fingerprint density at radius 3 is 2.56 bits per heavy atom. The van der Waals surface area contributed by atoms with Gasteiger partial charge in [0.25, 0.3) is 5.91 Å². The third kappa shape index (κ3) is 4.96. The van der Waals surface area contributed by atoms with Gasteiger partial charge in [0.2, 0.25) is 0 Å². The number of nitrogens with zero attached hydrogens (tertiary/aromatic N) is 2. The van der Waals surface area contributed by atoms with Gasteiger partial charge in [-0.15, -0.1) is 5.01 Å². The van der Waals surface area contributed by atoms with Crippen LogP contribution in [-0.4, -0.2) is 30.3 Å². The molecule has 0 radical (unpaired) electrons. The molecule has 2 atom stereocenters. The van der Waals surface area contributed by atoms with Crippen molar-refractivity contribution in [2.45, 2.75) is 52.5 Å². The van der Waals surface area contributed by atoms with E-state index in [1.807, 2.05) is 0 Å². The van der Waals surface area contributed by atoms with Gasteiger partial charge in [0.05, 0.1) is 7.11 Å². The molecule has 1 aromatic rings. The fraction of sp³-hybridized carbons (Fsp3) is 0.476. The number of amides is 3. The molecule has 0 unspecified atom stereocenters. The average molecular weight is 371 g/mol. The third-order valence-electron chi connectivity index (χ3n) is 4.75. The van der Waals surface area contributed by atoms with E-state index in [-0.39, 0.29) is 5.91 Å². The van der Waals surface area contributed by atoms with E-state index in [1.165, 1.54) is 5.57 Å². The lowest BCUT2D eigenvalue weighted by atomic mass is 9.92. The average Bonchev–Trinajstić information content (AvgIpc) is 2.85. The zero-order chi connectivity index (χ0) is 20.0. The molecule has 1 aromatic carbocycles. The Kier molecular flexibility index (Phi) is 6.77. The first kappa shape index (κ1) is 20.7. The summed E-state index contributed by atoms with van der Waals surface area (Å²) in [6, 6.07) is 6.57. The molecule has 1 aliphatic heterocycles. The predicted octanol–water partition coefficient (Wildman–Crippen LogP) is 4.22. The summed E-state index contributed by atoms with van der Waals surface area (Å²) in [6.45, 7) is 8.00. The fourth-order valence-corrected chi connectivity index (χ4v) is 2.93. The van der Waals surface area contributed by atoms with Crippen LogP contribution in [0.15, 0.2) is 41.0 Å². The van der Waals surface area contributed by atoms with Gasteiger partial charge in [-0.2, -0.15) is 5.10 Å². The lowest BCUT2D eigenvalue weighted by molar-refractivity contribution is -0.131. The van der Waals surface area contributed by atoms with Crippen LogP contribution in [0.25, 0.3) is 0 Å². The Morgan fingerprint density at radius 1 is 1.30 bits per heavy atom. The van der Waals surface area contributed by atoms with Crippen LogP contribution < -0.4 is 10.1 Å². The number of methoxy groups -OCH3 is 1. The van der Waals surface area contributed by atoms with Gasteiger partial charge >= 0.3 is 6.03 Å². The maximum absolute atomic E-state index is 12.8. The summed E-state index contributed by atoms with van der Waals surface area (Å²) in [4.78, 5) is 25.1. The van der Waals surface area contributed by atoms with Crippen LogP contribution in [0, 0.1) is 5.92 Å². The second-order valence-electron chi connectivity index (χ2n) is 7.40. The number of hydrogen-bond acceptors (Lipinski definition) is 4. The number of rotatable bonds is 8. The molecule has 0 saturated carbocycles. The van der Waals surface area contributed by atoms with Crippen molar-refractivity contribution >= 4 is 18.2 Å². The van der Waals surface area contributed by atoms with Crippen molar-refractivity contribution in [2.75, 3.05) is 7.11 Å². The van der Waals surface area contributed by atoms with Crippen LogP contribution in [-0.2, 0) is 10.3 Å². The highest BCUT2D eigenvalue weighted by Gasteiger charge is 2.49. The molecule has 6 heteroatoms. The summed E-state index contributed by atoms with van der Waals surface area (Å²) in [7, 11) is 1.58. The van der Waals surface area contributed by atoms with Crippen LogP contribution >= 0.6 is 0 Å². The maximum atomic E-state index is 12.8. The van der Waals surface area contributed by atoms with Gasteiger partial charge in [0.15, 0.2) is 0 Å². The summed E-state index contributed by atoms with van der Waals surface area (Å²) in [5.41, 5.74) is 0.873. The first-order chi connectivity index (χ1) is 12.8. The molecule has 146 valence electrons. The van der Waals surface area contributed by atoms with Crippen molar-refractivity contribution in [2.24, 2.45) is 11.0 Å². The Balaban J connectivity index is 2.01. The van der Waals surface area contributed by atoms with Crippen molar-refractivity contribution in [1.82, 2.24) is 10.3 Å². The molecule has 0 spiro atoms. The van der Waals surface area contributed by atoms with Gasteiger partial charge in [0.1, 0.15) is 11.3 Å². The zero-order valence-corrected chi connectivity index (χ0v) is 16.8. The van der Waals surface area contributed by atoms with Crippen molar-refractivity contribution < 1.29 is 14.3 Å². The monoisotopic (exact) mass is 371 g/mol. The topological polar surface area (TPSA) is 71.0 Å². The van der Waals surface area contributed by atoms with Crippen molar-refractivity contribution in [3.05, 3.63) is 41.5 Å². The molecule has 0 bridgehead atoms. The number of hydrogen-bond donors (Lipinski definition) is 1. The molecular weight excluding hydrogens is 342 g/mol. The van der Waals surface area contributed by atoms with E-state index in [4.69, 9.17) is 4.74 Å². The number of hydrazone groups is 1. The van der Waals surface area contributed by atoms with Crippen LogP contribution in [0.1, 0.15) is 52.5 Å². The number of allylic oxidation sites excluding steroid dienone is 2. The lowest BCUT2D eigenvalue weighted by Crippen LogP contribution is -2.40. The van der Waals surface area contributed by atoms with E-state index in [1.54, 1.807) is 44.5 Å². The maximum Gasteiger partial charge on any atom is 0.346 e. The number of ether oxygens (including phenoxy) is 1. The number of urea groups is 1. The van der Waals surface area contributed by atoms with E-state index in [9.17, 15) is 9.59 Å². The normalized spacial score (nSPS) is 20.7. The molecule has 0 aromatic heterocycles. The summed E-state index contributed by atoms with van der Waals surface area (Å²) in [5.74, 6) is 0.736. The molecule has 3 amide bonds. The third-order valence-corrected chi connectivity index (χ3v) is 4.75. The molecule has 2 rings (SSSR count). The SMILES string of the molecule is COc1ccc([C@@]2(C)NC(=O)N(/N=C\C[C@H](C)CCC=C(C)C)C2=O)cc1. The molecule has 1 fully saturated rings. The van der Waals surface area contributed by atoms with Crippen LogP contribution in [0.3, 0.4) is 0 Å². The molecular formula is C21H29N3O3. The summed E-state index contributed by atoms with van der Waals surface area (Å²) in [5, 5.41) is 7.80. The second kappa shape index (κ2) is 8.84. The second-order valence-corrected chi connectivity index (χ2v) is 7.40. The zero-order valence-electron chi connectivity index (χ0n) is 16.8. The summed E-state index contributed by atoms with van der Waals surface area (Å²) >= 11 is 0. The molecule has 27 heavy (non-hydrogen) atoms. The molecule has 1 saturated heterocycles. The van der Waals surface area contributed by atoms with Gasteiger partial charge in [-0.05, 0) is 63.6 Å². The quantitative estimate of drug-likeness (QED) is 0.422. The Labute approximate surface area is 161 Å². The van der Waals surface area contributed by atoms with Gasteiger partial charge in [-0.25, -0.2) is 4.79 Å². The smallest absolute Gasteiger partial charge is 0.346 e. The van der Waals surface area contributed by atoms with Gasteiger partial charge in [-0.1, -0.05) is 30.7 Å². The minimum Gasteiger partial charge on any atom is -0.497 e. The predicted molar refractivity (Wildman–Crippen MR) is 107 cm³/mol. The van der Waals surface area contributed by atoms with Gasteiger partial charge < -0.3 is 10.1 Å². The first-order valence-electron chi connectivity index (χ1n) is 9.25. The number of carbonyl (C=O) groups excluding carboxylic acids is 2. The highest BCUT2D eigenvalue weighted by molar-refractivity contribution is 6.07. The van der Waals surface area contributed by atoms with E-state index in [0.717, 1.165) is 17.9 Å². The van der Waals surface area contributed by atoms with Crippen LogP contribution in [0.4, 0.5) is 4.79 Å². The summed E-state index contributed by atoms with van der Waals surface area (Å²) in [6.07, 6.45) is 6.65. The largest absolute Gasteiger partial charge is 0.497 e. The number of nitrogens with one attached hydrogen (secondary N) is 1. The molecule has 6 nitrogen and oxygen atoms in total. The van der Waals surface area contributed by atoms with Crippen molar-refractivity contribution in [1.29, 1.82) is 0 Å². The minimum absolute atomic E-state index is 0.383. The van der Waals surface area contributed by atoms with Crippen molar-refractivity contribution in [3.63, 3.8) is 0 Å². The number of benzene rings is 1. The number of imide groups is 1. The van der Waals surface area contributed by atoms with E-state index in [2.05, 4.69) is 37.3 Å².